The fraction of sp³-hybridized carbons (Fsp3) is 0.161. The van der Waals surface area contributed by atoms with E-state index in [4.69, 9.17) is 57.4 Å². The molecule has 0 heterocycles. The Kier molecular flexibility index (Phi) is 18.4. The van der Waals surface area contributed by atoms with Crippen molar-refractivity contribution in [2.75, 3.05) is 5.43 Å². The normalized spacial score (nSPS) is 10.6. The third-order valence-corrected chi connectivity index (χ3v) is 6.35. The molecule has 0 atom stereocenters. The minimum absolute atomic E-state index is 0. The van der Waals surface area contributed by atoms with Crippen LogP contribution in [0.1, 0.15) is 16.7 Å². The molecule has 0 aliphatic carbocycles. The van der Waals surface area contributed by atoms with E-state index in [-0.39, 0.29) is 49.2 Å². The zero-order valence-electron chi connectivity index (χ0n) is 25.0. The molecule has 0 aliphatic heterocycles. The third-order valence-electron chi connectivity index (χ3n) is 5.48. The number of carbonyl (C=O) groups excluding carboxylic acids is 1. The number of hydrazine groups is 1. The van der Waals surface area contributed by atoms with E-state index in [0.717, 1.165) is 29.8 Å². The van der Waals surface area contributed by atoms with Crippen LogP contribution in [-0.4, -0.2) is 29.7 Å². The van der Waals surface area contributed by atoms with Gasteiger partial charge in [-0.3, -0.25) is 15.4 Å². The van der Waals surface area contributed by atoms with Crippen LogP contribution in [0.5, 0.6) is 11.5 Å². The van der Waals surface area contributed by atoms with Gasteiger partial charge in [0.1, 0.15) is 11.5 Å². The molecule has 5 N–H and O–H groups in total. The highest BCUT2D eigenvalue weighted by Gasteiger charge is 2.31. The fourth-order valence-corrected chi connectivity index (χ4v) is 4.69. The first-order valence-electron chi connectivity index (χ1n) is 13.4. The lowest BCUT2D eigenvalue weighted by Crippen LogP contribution is -2.24. The number of carboxylic acid groups (broad SMARTS) is 1. The van der Waals surface area contributed by atoms with E-state index >= 15 is 0 Å². The van der Waals surface area contributed by atoms with Crippen LogP contribution in [0.4, 0.5) is 32.0 Å². The summed E-state index contributed by atoms with van der Waals surface area (Å²) >= 11 is 23.0. The Morgan fingerprint density at radius 1 is 0.640 bits per heavy atom. The number of ether oxygens (including phenoxy) is 2. The Morgan fingerprint density at radius 3 is 1.38 bits per heavy atom. The number of nitrogens with one attached hydrogen (secondary N) is 2. The van der Waals surface area contributed by atoms with Crippen molar-refractivity contribution >= 4 is 76.4 Å². The molecule has 8 nitrogen and oxygen atoms in total. The predicted octanol–water partition coefficient (Wildman–Crippen LogP) is 9.66. The number of nitrogen functional groups attached to an aromatic ring is 1. The quantitative estimate of drug-likeness (QED) is 0.0755. The summed E-state index contributed by atoms with van der Waals surface area (Å²) in [6, 6.07) is 19.8. The molecule has 19 heteroatoms. The lowest BCUT2D eigenvalue weighted by Gasteiger charge is -2.09. The van der Waals surface area contributed by atoms with E-state index in [9.17, 15) is 35.9 Å². The molecule has 0 fully saturated rings. The number of halogens is 11. The molecular formula is C31H26Cl5F6N3O5. The first-order chi connectivity index (χ1) is 22.8. The number of carboxylic acids is 1. The molecule has 0 radical (unpaired) electrons. The van der Waals surface area contributed by atoms with E-state index in [1.165, 1.54) is 24.3 Å². The van der Waals surface area contributed by atoms with Gasteiger partial charge in [-0.15, -0.1) is 38.7 Å². The van der Waals surface area contributed by atoms with Gasteiger partial charge in [0.25, 0.3) is 0 Å². The second-order valence-corrected chi connectivity index (χ2v) is 11.2. The number of amides is 1. The van der Waals surface area contributed by atoms with Crippen LogP contribution in [0.3, 0.4) is 0 Å². The monoisotopic (exact) mass is 809 g/mol. The van der Waals surface area contributed by atoms with Crippen molar-refractivity contribution in [1.29, 1.82) is 0 Å². The molecule has 1 amide bonds. The van der Waals surface area contributed by atoms with Crippen molar-refractivity contribution in [1.82, 2.24) is 5.32 Å². The number of benzene rings is 4. The highest BCUT2D eigenvalue weighted by Crippen LogP contribution is 2.25. The summed E-state index contributed by atoms with van der Waals surface area (Å²) in [6.07, 6.45) is -9.67. The predicted molar refractivity (Wildman–Crippen MR) is 181 cm³/mol. The Morgan fingerprint density at radius 2 is 1.02 bits per heavy atom. The van der Waals surface area contributed by atoms with Crippen molar-refractivity contribution in [2.45, 2.75) is 32.1 Å². The van der Waals surface area contributed by atoms with E-state index in [1.807, 2.05) is 0 Å². The molecule has 4 aromatic rings. The summed E-state index contributed by atoms with van der Waals surface area (Å²) in [5.41, 5.74) is 4.87. The molecule has 4 rings (SSSR count). The first kappa shape index (κ1) is 44.2. The van der Waals surface area contributed by atoms with Crippen LogP contribution in [0, 0.1) is 0 Å². The molecule has 50 heavy (non-hydrogen) atoms. The molecule has 0 unspecified atom stereocenters. The van der Waals surface area contributed by atoms with Crippen molar-refractivity contribution in [3.63, 3.8) is 0 Å². The number of alkyl halides is 6. The van der Waals surface area contributed by atoms with Gasteiger partial charge in [-0.1, -0.05) is 70.7 Å². The first-order valence-corrected chi connectivity index (χ1v) is 14.9. The van der Waals surface area contributed by atoms with Gasteiger partial charge in [-0.2, -0.15) is 0 Å². The second kappa shape index (κ2) is 20.8. The maximum atomic E-state index is 12.1. The van der Waals surface area contributed by atoms with Crippen molar-refractivity contribution < 1.29 is 50.5 Å². The minimum Gasteiger partial charge on any atom is -0.481 e. The summed E-state index contributed by atoms with van der Waals surface area (Å²) in [5.74, 6) is 3.10. The number of hydrogen-bond donors (Lipinski definition) is 4. The fourth-order valence-electron chi connectivity index (χ4n) is 3.59. The van der Waals surface area contributed by atoms with Crippen LogP contribution < -0.4 is 26.1 Å². The second-order valence-electron chi connectivity index (χ2n) is 9.49. The van der Waals surface area contributed by atoms with Gasteiger partial charge >= 0.3 is 18.7 Å². The van der Waals surface area contributed by atoms with Crippen molar-refractivity contribution in [2.24, 2.45) is 5.84 Å². The van der Waals surface area contributed by atoms with Gasteiger partial charge in [0.05, 0.1) is 18.5 Å². The summed E-state index contributed by atoms with van der Waals surface area (Å²) in [5, 5.41) is 13.2. The molecule has 4 aromatic carbocycles. The Balaban J connectivity index is 0.000000410. The van der Waals surface area contributed by atoms with E-state index in [2.05, 4.69) is 20.2 Å². The molecule has 0 bridgehead atoms. The molecule has 0 spiro atoms. The minimum atomic E-state index is -4.74. The van der Waals surface area contributed by atoms with Gasteiger partial charge in [-0.05, 0) is 77.4 Å². The third kappa shape index (κ3) is 19.4. The maximum Gasteiger partial charge on any atom is 0.573 e. The number of hydrogen-bond acceptors (Lipinski definition) is 6. The highest BCUT2D eigenvalue weighted by atomic mass is 35.5. The van der Waals surface area contributed by atoms with E-state index in [0.29, 0.717) is 36.9 Å². The van der Waals surface area contributed by atoms with Crippen LogP contribution in [0.2, 0.25) is 20.1 Å². The van der Waals surface area contributed by atoms with Crippen LogP contribution >= 0.6 is 58.8 Å². The smallest absolute Gasteiger partial charge is 0.481 e. The SMILES string of the molecule is Cl.NNc1cc(Cl)cc(Cl)c1.O=C(Cc1ccc(OC(F)(F)F)cc1)NCc1cc(Cl)cc(Cl)c1.O=C(O)Cc1ccc(OC(F)(F)F)cc1. The number of rotatable bonds is 9. The zero-order valence-corrected chi connectivity index (χ0v) is 28.9. The summed E-state index contributed by atoms with van der Waals surface area (Å²) in [6.45, 7) is 0.244. The molecular weight excluding hydrogens is 786 g/mol. The number of carbonyl (C=O) groups is 2. The number of anilines is 1. The summed E-state index contributed by atoms with van der Waals surface area (Å²) < 4.78 is 78.8. The maximum absolute atomic E-state index is 12.1. The standard InChI is InChI=1S/C16H12Cl2F3NO2.C9H7F3O3.C6H6Cl2N2.ClH/c17-12-5-11(6-13(18)8-12)9-22-15(23)7-10-1-3-14(4-2-10)24-16(19,20)21;10-9(11,12)15-7-3-1-6(2-4-7)5-8(13)14;7-4-1-5(8)3-6(2-4)10-9;/h1-6,8H,7,9H2,(H,22,23);1-4H,5H2,(H,13,14);1-3,10H,9H2;1H. The average molecular weight is 812 g/mol. The van der Waals surface area contributed by atoms with Gasteiger partial charge in [-0.25, -0.2) is 0 Å². The van der Waals surface area contributed by atoms with Gasteiger partial charge in [0.15, 0.2) is 0 Å². The molecule has 0 saturated heterocycles. The lowest BCUT2D eigenvalue weighted by atomic mass is 10.1. The zero-order chi connectivity index (χ0) is 36.8. The molecule has 272 valence electrons. The largest absolute Gasteiger partial charge is 0.573 e. The Bertz CT molecular complexity index is 1640. The van der Waals surface area contributed by atoms with Gasteiger partial charge < -0.3 is 25.3 Å². The molecule has 0 aliphatic rings. The topological polar surface area (TPSA) is 123 Å². The summed E-state index contributed by atoms with van der Waals surface area (Å²) in [7, 11) is 0. The van der Waals surface area contributed by atoms with Crippen LogP contribution in [0.15, 0.2) is 84.9 Å². The molecule has 0 aromatic heterocycles. The highest BCUT2D eigenvalue weighted by molar-refractivity contribution is 6.35. The number of aliphatic carboxylic acids is 1. The lowest BCUT2D eigenvalue weighted by molar-refractivity contribution is -0.275. The van der Waals surface area contributed by atoms with E-state index < -0.39 is 18.7 Å². The average Bonchev–Trinajstić information content (AvgIpc) is 2.96. The molecule has 0 saturated carbocycles. The van der Waals surface area contributed by atoms with Crippen LogP contribution in [-0.2, 0) is 29.0 Å². The number of nitrogens with two attached hydrogens (primary N) is 1. The Hall–Kier alpha value is -3.79. The van der Waals surface area contributed by atoms with E-state index in [1.54, 1.807) is 36.4 Å². The summed E-state index contributed by atoms with van der Waals surface area (Å²) in [4.78, 5) is 22.2. The van der Waals surface area contributed by atoms with Crippen molar-refractivity contribution in [3.8, 4) is 11.5 Å². The van der Waals surface area contributed by atoms with Crippen LogP contribution in [0.25, 0.3) is 0 Å². The Labute approximate surface area is 307 Å². The van der Waals surface area contributed by atoms with Gasteiger partial charge in [0, 0.05) is 26.6 Å². The van der Waals surface area contributed by atoms with Crippen molar-refractivity contribution in [3.05, 3.63) is 122 Å². The van der Waals surface area contributed by atoms with Gasteiger partial charge in [0.2, 0.25) is 5.91 Å².